The Balaban J connectivity index is 2.11. The number of aryl methyl sites for hydroxylation is 1. The van der Waals surface area contributed by atoms with Crippen LogP contribution in [-0.2, 0) is 12.8 Å². The fraction of sp³-hybridized carbons (Fsp3) is 0.217. The van der Waals surface area contributed by atoms with Crippen molar-refractivity contribution in [2.45, 2.75) is 33.6 Å². The summed E-state index contributed by atoms with van der Waals surface area (Å²) >= 11 is 0. The zero-order valence-corrected chi connectivity index (χ0v) is 15.9. The fourth-order valence-corrected chi connectivity index (χ4v) is 3.83. The monoisotopic (exact) mass is 354 g/mol. The first-order valence-corrected chi connectivity index (χ1v) is 9.37. The van der Waals surface area contributed by atoms with E-state index in [1.54, 1.807) is 0 Å². The fourth-order valence-electron chi connectivity index (χ4n) is 3.83. The highest BCUT2D eigenvalue weighted by molar-refractivity contribution is 5.87. The van der Waals surface area contributed by atoms with Gasteiger partial charge in [-0.2, -0.15) is 5.26 Å². The van der Waals surface area contributed by atoms with Crippen molar-refractivity contribution in [3.63, 3.8) is 0 Å². The van der Waals surface area contributed by atoms with Crippen LogP contribution < -0.4 is 5.32 Å². The van der Waals surface area contributed by atoms with E-state index in [1.807, 2.05) is 31.2 Å². The summed E-state index contributed by atoms with van der Waals surface area (Å²) in [7, 11) is 0. The van der Waals surface area contributed by atoms with Crippen molar-refractivity contribution >= 4 is 28.2 Å². The van der Waals surface area contributed by atoms with Crippen LogP contribution in [-0.4, -0.2) is 9.38 Å². The lowest BCUT2D eigenvalue weighted by Crippen LogP contribution is -2.08. The topological polar surface area (TPSA) is 53.1 Å². The van der Waals surface area contributed by atoms with E-state index in [1.165, 1.54) is 5.56 Å². The Morgan fingerprint density at radius 2 is 1.78 bits per heavy atom. The SMILES string of the molecule is CCc1ccccc1Nc1c(CC)c(C)c(C#N)c2nc3ccccc3n12. The number of imidazole rings is 1. The number of pyridine rings is 1. The van der Waals surface area contributed by atoms with E-state index in [0.717, 1.165) is 46.5 Å². The number of fused-ring (bicyclic) bond motifs is 3. The predicted octanol–water partition coefficient (Wildman–Crippen LogP) is 5.54. The van der Waals surface area contributed by atoms with E-state index in [4.69, 9.17) is 4.98 Å². The molecule has 0 atom stereocenters. The van der Waals surface area contributed by atoms with Gasteiger partial charge in [0.05, 0.1) is 16.6 Å². The number of nitriles is 1. The van der Waals surface area contributed by atoms with Crippen LogP contribution in [0.2, 0.25) is 0 Å². The number of para-hydroxylation sites is 3. The van der Waals surface area contributed by atoms with Crippen LogP contribution in [0.4, 0.5) is 11.5 Å². The molecular formula is C23H22N4. The van der Waals surface area contributed by atoms with Crippen molar-refractivity contribution in [3.05, 3.63) is 70.8 Å². The molecule has 2 aromatic heterocycles. The van der Waals surface area contributed by atoms with Gasteiger partial charge in [0.15, 0.2) is 5.65 Å². The first-order chi connectivity index (χ1) is 13.2. The number of aromatic nitrogens is 2. The van der Waals surface area contributed by atoms with Gasteiger partial charge in [-0.25, -0.2) is 4.98 Å². The highest BCUT2D eigenvalue weighted by Crippen LogP contribution is 2.33. The largest absolute Gasteiger partial charge is 0.341 e. The van der Waals surface area contributed by atoms with E-state index in [9.17, 15) is 5.26 Å². The van der Waals surface area contributed by atoms with Gasteiger partial charge in [-0.15, -0.1) is 0 Å². The molecular weight excluding hydrogens is 332 g/mol. The van der Waals surface area contributed by atoms with Gasteiger partial charge >= 0.3 is 0 Å². The third-order valence-electron chi connectivity index (χ3n) is 5.24. The van der Waals surface area contributed by atoms with Crippen molar-refractivity contribution in [2.75, 3.05) is 5.32 Å². The number of nitrogens with one attached hydrogen (secondary N) is 1. The Morgan fingerprint density at radius 3 is 2.52 bits per heavy atom. The first kappa shape index (κ1) is 17.1. The lowest BCUT2D eigenvalue weighted by atomic mass is 10.0. The molecule has 4 aromatic rings. The molecule has 2 heterocycles. The van der Waals surface area contributed by atoms with Gasteiger partial charge in [0.2, 0.25) is 0 Å². The van der Waals surface area contributed by atoms with Crippen molar-refractivity contribution in [1.82, 2.24) is 9.38 Å². The molecule has 27 heavy (non-hydrogen) atoms. The zero-order valence-electron chi connectivity index (χ0n) is 15.9. The molecule has 134 valence electrons. The van der Waals surface area contributed by atoms with Gasteiger partial charge in [0.25, 0.3) is 0 Å². The molecule has 1 N–H and O–H groups in total. The molecule has 4 nitrogen and oxygen atoms in total. The minimum Gasteiger partial charge on any atom is -0.341 e. The summed E-state index contributed by atoms with van der Waals surface area (Å²) in [6.45, 7) is 6.31. The van der Waals surface area contributed by atoms with Crippen LogP contribution in [0.3, 0.4) is 0 Å². The normalized spacial score (nSPS) is 11.0. The Kier molecular flexibility index (Phi) is 4.29. The molecule has 0 aliphatic carbocycles. The van der Waals surface area contributed by atoms with Gasteiger partial charge in [0.1, 0.15) is 11.9 Å². The molecule has 0 fully saturated rings. The number of nitrogens with zero attached hydrogens (tertiary/aromatic N) is 3. The lowest BCUT2D eigenvalue weighted by molar-refractivity contribution is 1.05. The summed E-state index contributed by atoms with van der Waals surface area (Å²) in [5.41, 5.74) is 7.77. The summed E-state index contributed by atoms with van der Waals surface area (Å²) in [6, 6.07) is 18.8. The molecule has 0 saturated heterocycles. The molecule has 0 amide bonds. The highest BCUT2D eigenvalue weighted by Gasteiger charge is 2.20. The molecule has 0 aliphatic rings. The Morgan fingerprint density at radius 1 is 1.04 bits per heavy atom. The summed E-state index contributed by atoms with van der Waals surface area (Å²) in [6.07, 6.45) is 1.79. The van der Waals surface area contributed by atoms with Crippen LogP contribution in [0.15, 0.2) is 48.5 Å². The van der Waals surface area contributed by atoms with E-state index < -0.39 is 0 Å². The second-order valence-corrected chi connectivity index (χ2v) is 6.69. The number of benzene rings is 2. The minimum absolute atomic E-state index is 0.650. The van der Waals surface area contributed by atoms with Gasteiger partial charge in [-0.3, -0.25) is 4.40 Å². The zero-order chi connectivity index (χ0) is 19.0. The van der Waals surface area contributed by atoms with Gasteiger partial charge in [0, 0.05) is 5.69 Å². The van der Waals surface area contributed by atoms with Gasteiger partial charge in [-0.1, -0.05) is 44.2 Å². The molecule has 4 rings (SSSR count). The maximum Gasteiger partial charge on any atom is 0.157 e. The third kappa shape index (κ3) is 2.63. The summed E-state index contributed by atoms with van der Waals surface area (Å²) in [4.78, 5) is 4.77. The second kappa shape index (κ2) is 6.77. The van der Waals surface area contributed by atoms with Crippen molar-refractivity contribution < 1.29 is 0 Å². The van der Waals surface area contributed by atoms with Crippen LogP contribution in [0.25, 0.3) is 16.7 Å². The molecule has 4 heteroatoms. The third-order valence-corrected chi connectivity index (χ3v) is 5.24. The Bertz CT molecular complexity index is 1190. The van der Waals surface area contributed by atoms with E-state index in [2.05, 4.69) is 53.9 Å². The van der Waals surface area contributed by atoms with Gasteiger partial charge in [-0.05, 0) is 54.7 Å². The average Bonchev–Trinajstić information content (AvgIpc) is 3.08. The van der Waals surface area contributed by atoms with E-state index in [-0.39, 0.29) is 0 Å². The molecule has 0 spiro atoms. The van der Waals surface area contributed by atoms with Crippen LogP contribution in [0.1, 0.15) is 36.1 Å². The van der Waals surface area contributed by atoms with Crippen molar-refractivity contribution in [2.24, 2.45) is 0 Å². The molecule has 2 aromatic carbocycles. The Labute approximate surface area is 159 Å². The lowest BCUT2D eigenvalue weighted by Gasteiger charge is -2.19. The maximum atomic E-state index is 9.80. The maximum absolute atomic E-state index is 9.80. The van der Waals surface area contributed by atoms with Crippen LogP contribution in [0, 0.1) is 18.3 Å². The van der Waals surface area contributed by atoms with Crippen molar-refractivity contribution in [1.29, 1.82) is 5.26 Å². The molecule has 0 aliphatic heterocycles. The molecule has 0 unspecified atom stereocenters. The summed E-state index contributed by atoms with van der Waals surface area (Å²) in [5, 5.41) is 13.5. The summed E-state index contributed by atoms with van der Waals surface area (Å²) < 4.78 is 2.10. The second-order valence-electron chi connectivity index (χ2n) is 6.69. The number of anilines is 2. The van der Waals surface area contributed by atoms with Crippen LogP contribution >= 0.6 is 0 Å². The smallest absolute Gasteiger partial charge is 0.157 e. The molecule has 0 saturated carbocycles. The minimum atomic E-state index is 0.650. The Hall–Kier alpha value is -3.32. The van der Waals surface area contributed by atoms with E-state index >= 15 is 0 Å². The summed E-state index contributed by atoms with van der Waals surface area (Å²) in [5.74, 6) is 0.999. The standard InChI is InChI=1S/C23H22N4/c1-4-16-10-6-7-11-19(16)25-22-17(5-2)15(3)18(14-24)23-26-20-12-8-9-13-21(20)27(22)23/h6-13,25H,4-5H2,1-3H3. The van der Waals surface area contributed by atoms with Crippen LogP contribution in [0.5, 0.6) is 0 Å². The molecule has 0 bridgehead atoms. The first-order valence-electron chi connectivity index (χ1n) is 9.37. The number of hydrogen-bond acceptors (Lipinski definition) is 3. The van der Waals surface area contributed by atoms with Crippen molar-refractivity contribution in [3.8, 4) is 6.07 Å². The predicted molar refractivity (Wildman–Crippen MR) is 111 cm³/mol. The van der Waals surface area contributed by atoms with Gasteiger partial charge < -0.3 is 5.32 Å². The highest BCUT2D eigenvalue weighted by atomic mass is 15.1. The average molecular weight is 354 g/mol. The number of rotatable bonds is 4. The quantitative estimate of drug-likeness (QED) is 0.524. The molecule has 0 radical (unpaired) electrons. The van der Waals surface area contributed by atoms with E-state index in [0.29, 0.717) is 11.2 Å². The number of hydrogen-bond donors (Lipinski definition) is 1.